The van der Waals surface area contributed by atoms with Crippen LogP contribution in [0.3, 0.4) is 0 Å². The molecule has 0 aliphatic heterocycles. The molecule has 0 spiro atoms. The number of hydrogen-bond acceptors (Lipinski definition) is 3. The predicted molar refractivity (Wildman–Crippen MR) is 59.0 cm³/mol. The Bertz CT molecular complexity index is 326. The van der Waals surface area contributed by atoms with Crippen LogP contribution in [0.15, 0.2) is 18.2 Å². The minimum absolute atomic E-state index is 0.375. The van der Waals surface area contributed by atoms with E-state index in [0.29, 0.717) is 24.5 Å². The molecule has 4 heteroatoms. The van der Waals surface area contributed by atoms with Crippen molar-refractivity contribution in [2.24, 2.45) is 0 Å². The van der Waals surface area contributed by atoms with Gasteiger partial charge in [0.2, 0.25) is 0 Å². The van der Waals surface area contributed by atoms with Gasteiger partial charge in [0.25, 0.3) is 0 Å². The molecule has 1 aromatic rings. The highest BCUT2D eigenvalue weighted by Crippen LogP contribution is 2.25. The van der Waals surface area contributed by atoms with Gasteiger partial charge in [0.15, 0.2) is 0 Å². The SMILES string of the molecule is COCCCOc1ccc(F)cc1[C@@H](C)O. The Morgan fingerprint density at radius 3 is 2.75 bits per heavy atom. The zero-order chi connectivity index (χ0) is 12.0. The third-order valence-electron chi connectivity index (χ3n) is 2.17. The lowest BCUT2D eigenvalue weighted by Gasteiger charge is -2.13. The van der Waals surface area contributed by atoms with E-state index in [0.717, 1.165) is 6.42 Å². The first-order chi connectivity index (χ1) is 7.65. The van der Waals surface area contributed by atoms with Crippen LogP contribution >= 0.6 is 0 Å². The van der Waals surface area contributed by atoms with Crippen LogP contribution in [0, 0.1) is 5.82 Å². The van der Waals surface area contributed by atoms with Crippen molar-refractivity contribution in [2.45, 2.75) is 19.4 Å². The van der Waals surface area contributed by atoms with Crippen LogP contribution in [0.1, 0.15) is 25.0 Å². The number of rotatable bonds is 6. The molecule has 0 bridgehead atoms. The summed E-state index contributed by atoms with van der Waals surface area (Å²) < 4.78 is 23.3. The fraction of sp³-hybridized carbons (Fsp3) is 0.500. The van der Waals surface area contributed by atoms with Gasteiger partial charge in [-0.15, -0.1) is 0 Å². The van der Waals surface area contributed by atoms with Crippen molar-refractivity contribution in [3.8, 4) is 5.75 Å². The number of hydrogen-bond donors (Lipinski definition) is 1. The molecule has 0 amide bonds. The lowest BCUT2D eigenvalue weighted by atomic mass is 10.1. The summed E-state index contributed by atoms with van der Waals surface area (Å²) in [6.45, 7) is 2.68. The monoisotopic (exact) mass is 228 g/mol. The van der Waals surface area contributed by atoms with E-state index in [9.17, 15) is 9.50 Å². The van der Waals surface area contributed by atoms with E-state index in [-0.39, 0.29) is 5.82 Å². The van der Waals surface area contributed by atoms with Gasteiger partial charge in [0.05, 0.1) is 12.7 Å². The molecule has 0 fully saturated rings. The van der Waals surface area contributed by atoms with Crippen LogP contribution in [0.5, 0.6) is 5.75 Å². The maximum Gasteiger partial charge on any atom is 0.125 e. The highest BCUT2D eigenvalue weighted by atomic mass is 19.1. The van der Waals surface area contributed by atoms with Crippen LogP contribution in [0.4, 0.5) is 4.39 Å². The van der Waals surface area contributed by atoms with Gasteiger partial charge < -0.3 is 14.6 Å². The summed E-state index contributed by atoms with van der Waals surface area (Å²) in [5, 5.41) is 9.46. The average molecular weight is 228 g/mol. The van der Waals surface area contributed by atoms with Crippen molar-refractivity contribution in [3.05, 3.63) is 29.6 Å². The molecule has 1 atom stereocenters. The Kier molecular flexibility index (Phi) is 5.22. The normalized spacial score (nSPS) is 12.5. The second kappa shape index (κ2) is 6.45. The molecule has 1 N–H and O–H groups in total. The van der Waals surface area contributed by atoms with Crippen molar-refractivity contribution in [3.63, 3.8) is 0 Å². The molecule has 0 saturated heterocycles. The Morgan fingerprint density at radius 2 is 2.12 bits per heavy atom. The Labute approximate surface area is 94.8 Å². The van der Waals surface area contributed by atoms with Crippen LogP contribution < -0.4 is 4.74 Å². The number of aliphatic hydroxyl groups excluding tert-OH is 1. The van der Waals surface area contributed by atoms with E-state index >= 15 is 0 Å². The Balaban J connectivity index is 2.64. The number of ether oxygens (including phenoxy) is 2. The molecular weight excluding hydrogens is 211 g/mol. The molecule has 0 heterocycles. The quantitative estimate of drug-likeness (QED) is 0.759. The van der Waals surface area contributed by atoms with Crippen LogP contribution in [0.2, 0.25) is 0 Å². The summed E-state index contributed by atoms with van der Waals surface area (Å²) in [6.07, 6.45) is 0.0146. The van der Waals surface area contributed by atoms with E-state index < -0.39 is 6.10 Å². The summed E-state index contributed by atoms with van der Waals surface area (Å²) in [5.74, 6) is 0.146. The molecule has 0 aliphatic carbocycles. The van der Waals surface area contributed by atoms with E-state index in [2.05, 4.69) is 0 Å². The lowest BCUT2D eigenvalue weighted by molar-refractivity contribution is 0.166. The summed E-state index contributed by atoms with van der Waals surface area (Å²) >= 11 is 0. The van der Waals surface area contributed by atoms with Gasteiger partial charge in [-0.05, 0) is 25.1 Å². The second-order valence-electron chi connectivity index (χ2n) is 3.55. The number of halogens is 1. The third kappa shape index (κ3) is 3.79. The van der Waals surface area contributed by atoms with E-state index in [1.54, 1.807) is 14.0 Å². The molecule has 0 aliphatic rings. The van der Waals surface area contributed by atoms with Crippen molar-refractivity contribution in [2.75, 3.05) is 20.3 Å². The van der Waals surface area contributed by atoms with Gasteiger partial charge in [-0.1, -0.05) is 0 Å². The lowest BCUT2D eigenvalue weighted by Crippen LogP contribution is -2.05. The minimum Gasteiger partial charge on any atom is -0.493 e. The van der Waals surface area contributed by atoms with E-state index in [1.807, 2.05) is 0 Å². The molecule has 0 unspecified atom stereocenters. The zero-order valence-electron chi connectivity index (χ0n) is 9.57. The first-order valence-electron chi connectivity index (χ1n) is 5.24. The smallest absolute Gasteiger partial charge is 0.125 e. The van der Waals surface area contributed by atoms with Crippen LogP contribution in [-0.2, 0) is 4.74 Å². The van der Waals surface area contributed by atoms with Gasteiger partial charge in [0.1, 0.15) is 11.6 Å². The number of aliphatic hydroxyl groups is 1. The number of methoxy groups -OCH3 is 1. The Morgan fingerprint density at radius 1 is 1.38 bits per heavy atom. The third-order valence-corrected chi connectivity index (χ3v) is 2.17. The maximum absolute atomic E-state index is 13.0. The standard InChI is InChI=1S/C12H17FO3/c1-9(14)11-8-10(13)4-5-12(11)16-7-3-6-15-2/h4-5,8-9,14H,3,6-7H2,1-2H3/t9-/m1/s1. The fourth-order valence-corrected chi connectivity index (χ4v) is 1.36. The maximum atomic E-state index is 13.0. The van der Waals surface area contributed by atoms with Crippen LogP contribution in [0.25, 0.3) is 0 Å². The van der Waals surface area contributed by atoms with Gasteiger partial charge in [0, 0.05) is 25.7 Å². The fourth-order valence-electron chi connectivity index (χ4n) is 1.36. The second-order valence-corrected chi connectivity index (χ2v) is 3.55. The summed E-state index contributed by atoms with van der Waals surface area (Å²) in [4.78, 5) is 0. The molecule has 0 aromatic heterocycles. The van der Waals surface area contributed by atoms with Crippen LogP contribution in [-0.4, -0.2) is 25.4 Å². The molecule has 16 heavy (non-hydrogen) atoms. The van der Waals surface area contributed by atoms with Gasteiger partial charge in [-0.3, -0.25) is 0 Å². The summed E-state index contributed by atoms with van der Waals surface area (Å²) in [5.41, 5.74) is 0.470. The topological polar surface area (TPSA) is 38.7 Å². The summed E-state index contributed by atoms with van der Waals surface area (Å²) in [6, 6.07) is 4.14. The van der Waals surface area contributed by atoms with Crippen molar-refractivity contribution >= 4 is 0 Å². The predicted octanol–water partition coefficient (Wildman–Crippen LogP) is 2.29. The van der Waals surface area contributed by atoms with Crippen molar-refractivity contribution in [1.82, 2.24) is 0 Å². The van der Waals surface area contributed by atoms with E-state index in [4.69, 9.17) is 9.47 Å². The van der Waals surface area contributed by atoms with Gasteiger partial charge in [-0.2, -0.15) is 0 Å². The number of benzene rings is 1. The highest BCUT2D eigenvalue weighted by molar-refractivity contribution is 5.35. The zero-order valence-corrected chi connectivity index (χ0v) is 9.57. The first-order valence-corrected chi connectivity index (χ1v) is 5.24. The molecule has 90 valence electrons. The molecular formula is C12H17FO3. The highest BCUT2D eigenvalue weighted by Gasteiger charge is 2.10. The largest absolute Gasteiger partial charge is 0.493 e. The molecule has 3 nitrogen and oxygen atoms in total. The first kappa shape index (κ1) is 12.9. The molecule has 1 aromatic carbocycles. The van der Waals surface area contributed by atoms with Gasteiger partial charge in [-0.25, -0.2) is 4.39 Å². The minimum atomic E-state index is -0.742. The van der Waals surface area contributed by atoms with Crippen molar-refractivity contribution in [1.29, 1.82) is 0 Å². The average Bonchev–Trinajstić information content (AvgIpc) is 2.26. The Hall–Kier alpha value is -1.13. The van der Waals surface area contributed by atoms with Crippen molar-refractivity contribution < 1.29 is 19.0 Å². The molecule has 0 radical (unpaired) electrons. The summed E-state index contributed by atoms with van der Waals surface area (Å²) in [7, 11) is 1.62. The van der Waals surface area contributed by atoms with E-state index in [1.165, 1.54) is 18.2 Å². The van der Waals surface area contributed by atoms with Gasteiger partial charge >= 0.3 is 0 Å². The molecule has 1 rings (SSSR count). The molecule has 0 saturated carbocycles.